The molecule has 5 heteroatoms. The zero-order valence-electron chi connectivity index (χ0n) is 10.2. The summed E-state index contributed by atoms with van der Waals surface area (Å²) in [5.41, 5.74) is 5.66. The van der Waals surface area contributed by atoms with Gasteiger partial charge in [-0.15, -0.1) is 0 Å². The Morgan fingerprint density at radius 1 is 1.56 bits per heavy atom. The topological polar surface area (TPSA) is 68.2 Å². The molecule has 1 aromatic rings. The summed E-state index contributed by atoms with van der Waals surface area (Å²) in [6, 6.07) is 0. The van der Waals surface area contributed by atoms with E-state index in [0.29, 0.717) is 12.4 Å². The average molecular weight is 224 g/mol. The van der Waals surface area contributed by atoms with Crippen molar-refractivity contribution in [2.75, 3.05) is 6.54 Å². The predicted octanol–water partition coefficient (Wildman–Crippen LogP) is 1.15. The van der Waals surface area contributed by atoms with E-state index in [1.807, 2.05) is 0 Å². The molecule has 0 spiro atoms. The summed E-state index contributed by atoms with van der Waals surface area (Å²) in [5, 5.41) is 3.93. The molecule has 0 aromatic carbocycles. The Hall–Kier alpha value is -0.940. The third-order valence-electron chi connectivity index (χ3n) is 3.25. The molecule has 1 atom stereocenters. The van der Waals surface area contributed by atoms with Crippen molar-refractivity contribution in [2.24, 2.45) is 11.7 Å². The molecule has 2 N–H and O–H groups in total. The van der Waals surface area contributed by atoms with Crippen molar-refractivity contribution >= 4 is 0 Å². The van der Waals surface area contributed by atoms with E-state index in [9.17, 15) is 0 Å². The Balaban J connectivity index is 2.04. The molecule has 2 heterocycles. The lowest BCUT2D eigenvalue weighted by molar-refractivity contribution is 0.160. The summed E-state index contributed by atoms with van der Waals surface area (Å²) in [6.07, 6.45) is 1.22. The predicted molar refractivity (Wildman–Crippen MR) is 60.5 cm³/mol. The number of nitrogens with two attached hydrogens (primary N) is 1. The van der Waals surface area contributed by atoms with Gasteiger partial charge in [0.2, 0.25) is 5.89 Å². The molecule has 0 amide bonds. The first-order valence-electron chi connectivity index (χ1n) is 5.78. The number of likely N-dealkylation sites (tertiary alicyclic amines) is 1. The van der Waals surface area contributed by atoms with E-state index in [2.05, 4.69) is 35.8 Å². The summed E-state index contributed by atoms with van der Waals surface area (Å²) < 4.78 is 5.01. The minimum absolute atomic E-state index is 0.225. The fraction of sp³-hybridized carbons (Fsp3) is 0.818. The molecule has 5 nitrogen and oxygen atoms in total. The Kier molecular flexibility index (Phi) is 2.99. The van der Waals surface area contributed by atoms with Gasteiger partial charge in [-0.25, -0.2) is 0 Å². The van der Waals surface area contributed by atoms with Gasteiger partial charge in [0, 0.05) is 12.1 Å². The maximum absolute atomic E-state index is 5.44. The molecule has 0 aliphatic carbocycles. The van der Waals surface area contributed by atoms with Crippen LogP contribution in [0, 0.1) is 5.92 Å². The van der Waals surface area contributed by atoms with E-state index < -0.39 is 0 Å². The maximum atomic E-state index is 5.44. The molecule has 16 heavy (non-hydrogen) atoms. The first kappa shape index (κ1) is 11.5. The molecule has 1 aliphatic rings. The highest BCUT2D eigenvalue weighted by molar-refractivity contribution is 4.95. The Morgan fingerprint density at radius 3 is 2.81 bits per heavy atom. The van der Waals surface area contributed by atoms with E-state index >= 15 is 0 Å². The van der Waals surface area contributed by atoms with Crippen molar-refractivity contribution in [3.05, 3.63) is 11.7 Å². The van der Waals surface area contributed by atoms with Crippen LogP contribution in [0.4, 0.5) is 0 Å². The maximum Gasteiger partial charge on any atom is 0.240 e. The second-order valence-electron chi connectivity index (χ2n) is 5.31. The number of hydrogen-bond donors (Lipinski definition) is 1. The van der Waals surface area contributed by atoms with Crippen molar-refractivity contribution in [3.8, 4) is 0 Å². The second-order valence-corrected chi connectivity index (χ2v) is 5.31. The van der Waals surface area contributed by atoms with Gasteiger partial charge in [0.25, 0.3) is 0 Å². The fourth-order valence-electron chi connectivity index (χ4n) is 2.56. The number of nitrogens with zero attached hydrogens (tertiary/aromatic N) is 3. The van der Waals surface area contributed by atoms with Crippen LogP contribution in [0.3, 0.4) is 0 Å². The van der Waals surface area contributed by atoms with E-state index in [-0.39, 0.29) is 5.54 Å². The highest BCUT2D eigenvalue weighted by atomic mass is 16.5. The first-order chi connectivity index (χ1) is 7.51. The molecular weight excluding hydrogens is 204 g/mol. The largest absolute Gasteiger partial charge is 0.338 e. The molecule has 0 saturated carbocycles. The summed E-state index contributed by atoms with van der Waals surface area (Å²) >= 11 is 0. The van der Waals surface area contributed by atoms with Crippen LogP contribution in [0.15, 0.2) is 4.52 Å². The standard InChI is InChI=1S/C11H20N4O/c1-8-4-11(2,3)15(6-8)7-9-13-10(5-12)16-14-9/h8H,4-7,12H2,1-3H3. The zero-order chi connectivity index (χ0) is 11.8. The Labute approximate surface area is 96.0 Å². The lowest BCUT2D eigenvalue weighted by Gasteiger charge is -2.30. The number of rotatable bonds is 3. The van der Waals surface area contributed by atoms with Crippen molar-refractivity contribution in [1.82, 2.24) is 15.0 Å². The van der Waals surface area contributed by atoms with Crippen LogP contribution in [0.2, 0.25) is 0 Å². The van der Waals surface area contributed by atoms with E-state index in [1.54, 1.807) is 0 Å². The molecule has 2 rings (SSSR count). The Morgan fingerprint density at radius 2 is 2.31 bits per heavy atom. The van der Waals surface area contributed by atoms with Gasteiger partial charge >= 0.3 is 0 Å². The molecule has 0 bridgehead atoms. The smallest absolute Gasteiger partial charge is 0.240 e. The summed E-state index contributed by atoms with van der Waals surface area (Å²) in [5.74, 6) is 1.98. The fourth-order valence-corrected chi connectivity index (χ4v) is 2.56. The van der Waals surface area contributed by atoms with Gasteiger partial charge in [-0.1, -0.05) is 12.1 Å². The third kappa shape index (κ3) is 2.25. The molecule has 1 fully saturated rings. The molecule has 1 aliphatic heterocycles. The number of aromatic nitrogens is 2. The summed E-state index contributed by atoms with van der Waals surface area (Å²) in [4.78, 5) is 6.64. The highest BCUT2D eigenvalue weighted by Gasteiger charge is 2.36. The van der Waals surface area contributed by atoms with Gasteiger partial charge in [0.15, 0.2) is 5.82 Å². The van der Waals surface area contributed by atoms with Crippen LogP contribution in [-0.4, -0.2) is 27.1 Å². The molecule has 0 radical (unpaired) electrons. The van der Waals surface area contributed by atoms with Crippen molar-refractivity contribution in [3.63, 3.8) is 0 Å². The molecule has 90 valence electrons. The lowest BCUT2D eigenvalue weighted by atomic mass is 9.98. The summed E-state index contributed by atoms with van der Waals surface area (Å²) in [6.45, 7) is 8.97. The third-order valence-corrected chi connectivity index (χ3v) is 3.25. The highest BCUT2D eigenvalue weighted by Crippen LogP contribution is 2.32. The van der Waals surface area contributed by atoms with Gasteiger partial charge in [0.05, 0.1) is 13.1 Å². The van der Waals surface area contributed by atoms with Crippen LogP contribution in [0.1, 0.15) is 38.9 Å². The van der Waals surface area contributed by atoms with Gasteiger partial charge in [-0.3, -0.25) is 4.90 Å². The van der Waals surface area contributed by atoms with Crippen LogP contribution < -0.4 is 5.73 Å². The van der Waals surface area contributed by atoms with E-state index in [4.69, 9.17) is 10.3 Å². The quantitative estimate of drug-likeness (QED) is 0.834. The van der Waals surface area contributed by atoms with E-state index in [0.717, 1.165) is 24.8 Å². The molecular formula is C11H20N4O. The van der Waals surface area contributed by atoms with Crippen LogP contribution in [0.5, 0.6) is 0 Å². The van der Waals surface area contributed by atoms with Crippen LogP contribution in [0.25, 0.3) is 0 Å². The minimum Gasteiger partial charge on any atom is -0.338 e. The van der Waals surface area contributed by atoms with Gasteiger partial charge in [-0.2, -0.15) is 4.98 Å². The van der Waals surface area contributed by atoms with Crippen LogP contribution in [-0.2, 0) is 13.1 Å². The minimum atomic E-state index is 0.225. The first-order valence-corrected chi connectivity index (χ1v) is 5.78. The van der Waals surface area contributed by atoms with Crippen molar-refractivity contribution in [2.45, 2.75) is 45.8 Å². The molecule has 1 unspecified atom stereocenters. The second kappa shape index (κ2) is 4.14. The van der Waals surface area contributed by atoms with Crippen LogP contribution >= 0.6 is 0 Å². The summed E-state index contributed by atoms with van der Waals surface area (Å²) in [7, 11) is 0. The molecule has 1 aromatic heterocycles. The van der Waals surface area contributed by atoms with Crippen molar-refractivity contribution < 1.29 is 4.52 Å². The average Bonchev–Trinajstić information content (AvgIpc) is 2.72. The SMILES string of the molecule is CC1CN(Cc2noc(CN)n2)C(C)(C)C1. The monoisotopic (exact) mass is 224 g/mol. The molecule has 1 saturated heterocycles. The zero-order valence-corrected chi connectivity index (χ0v) is 10.2. The lowest BCUT2D eigenvalue weighted by Crippen LogP contribution is -2.37. The van der Waals surface area contributed by atoms with Crippen molar-refractivity contribution in [1.29, 1.82) is 0 Å². The number of hydrogen-bond acceptors (Lipinski definition) is 5. The van der Waals surface area contributed by atoms with Gasteiger partial charge in [0.1, 0.15) is 0 Å². The van der Waals surface area contributed by atoms with Gasteiger partial charge < -0.3 is 10.3 Å². The normalized spacial score (nSPS) is 25.1. The van der Waals surface area contributed by atoms with Gasteiger partial charge in [-0.05, 0) is 26.2 Å². The van der Waals surface area contributed by atoms with E-state index in [1.165, 1.54) is 6.42 Å². The Bertz CT molecular complexity index is 361.